The van der Waals surface area contributed by atoms with Gasteiger partial charge in [-0.2, -0.15) is 30.6 Å². The first kappa shape index (κ1) is 83.9. The third kappa shape index (κ3) is 18.1. The second kappa shape index (κ2) is 36.9. The Labute approximate surface area is 732 Å². The van der Waals surface area contributed by atoms with E-state index in [-0.39, 0.29) is 17.9 Å². The molecule has 0 radical (unpaired) electrons. The highest BCUT2D eigenvalue weighted by molar-refractivity contribution is 14.1. The minimum absolute atomic E-state index is 0.141. The maximum Gasteiger partial charge on any atom is 0.338 e. The number of aryl methyl sites for hydroxylation is 10. The van der Waals surface area contributed by atoms with Gasteiger partial charge < -0.3 is 32.5 Å². The number of benzene rings is 4. The average molecular weight is 1850 g/mol. The fourth-order valence-electron chi connectivity index (χ4n) is 14.7. The lowest BCUT2D eigenvalue weighted by atomic mass is 10.0. The van der Waals surface area contributed by atoms with E-state index in [2.05, 4.69) is 169 Å². The first-order valence-electron chi connectivity index (χ1n) is 39.3. The fourth-order valence-corrected chi connectivity index (χ4v) is 15.5. The number of ether oxygens (including phenoxy) is 1. The molecule has 125 heavy (non-hydrogen) atoms. The van der Waals surface area contributed by atoms with Gasteiger partial charge in [-0.05, 0) is 186 Å². The van der Waals surface area contributed by atoms with Gasteiger partial charge in [0, 0.05) is 143 Å². The van der Waals surface area contributed by atoms with E-state index in [1.165, 1.54) is 22.4 Å². The topological polar surface area (TPSA) is 415 Å². The molecule has 21 aromatic rings. The van der Waals surface area contributed by atoms with Gasteiger partial charge in [-0.3, -0.25) is 25.5 Å². The molecule has 6 N–H and O–H groups in total. The van der Waals surface area contributed by atoms with Crippen LogP contribution in [0.4, 0.5) is 4.39 Å². The summed E-state index contributed by atoms with van der Waals surface area (Å²) in [6, 6.07) is 46.0. The number of hydrogen-bond donors (Lipinski definition) is 6. The zero-order chi connectivity index (χ0) is 87.1. The van der Waals surface area contributed by atoms with Crippen molar-refractivity contribution in [3.8, 4) is 61.3 Å². The third-order valence-electron chi connectivity index (χ3n) is 20.6. The predicted octanol–water partition coefficient (Wildman–Crippen LogP) is 19.5. The molecule has 0 aliphatic heterocycles. The van der Waals surface area contributed by atoms with Gasteiger partial charge >= 0.3 is 5.97 Å². The van der Waals surface area contributed by atoms with Gasteiger partial charge in [0.25, 0.3) is 0 Å². The van der Waals surface area contributed by atoms with Crippen molar-refractivity contribution < 1.29 is 41.6 Å². The highest BCUT2D eigenvalue weighted by atomic mass is 127. The summed E-state index contributed by atoms with van der Waals surface area (Å²) < 4.78 is 49.8. The van der Waals surface area contributed by atoms with E-state index in [0.29, 0.717) is 29.2 Å². The van der Waals surface area contributed by atoms with Crippen molar-refractivity contribution in [2.75, 3.05) is 6.61 Å². The lowest BCUT2D eigenvalue weighted by Gasteiger charge is -2.09. The molecule has 1 unspecified atom stereocenters. The van der Waals surface area contributed by atoms with Crippen LogP contribution in [0.5, 0.6) is 0 Å². The van der Waals surface area contributed by atoms with Crippen molar-refractivity contribution in [3.63, 3.8) is 0 Å². The minimum Gasteiger partial charge on any atom is -0.462 e. The molecule has 0 saturated carbocycles. The lowest BCUT2D eigenvalue weighted by molar-refractivity contribution is 0.0525. The van der Waals surface area contributed by atoms with Crippen LogP contribution < -0.4 is 0 Å². The number of rotatable bonds is 14. The molecule has 17 aromatic heterocycles. The average Bonchev–Trinajstić information content (AvgIpc) is 1.62. The second-order valence-corrected chi connectivity index (χ2v) is 31.1. The Morgan fingerprint density at radius 1 is 0.472 bits per heavy atom. The number of nitrogens with zero attached hydrogens (tertiary/aromatic N) is 18. The van der Waals surface area contributed by atoms with Crippen molar-refractivity contribution in [2.45, 2.75) is 95.1 Å². The number of aliphatic hydroxyl groups excluding tert-OH is 1. The Kier molecular flexibility index (Phi) is 24.7. The molecule has 0 aliphatic rings. The van der Waals surface area contributed by atoms with E-state index < -0.39 is 17.9 Å². The predicted molar refractivity (Wildman–Crippen MR) is 478 cm³/mol. The summed E-state index contributed by atoms with van der Waals surface area (Å²) >= 11 is 5.52. The molecule has 0 amide bonds. The molecule has 626 valence electrons. The summed E-state index contributed by atoms with van der Waals surface area (Å²) in [7, 11) is 0. The summed E-state index contributed by atoms with van der Waals surface area (Å²) in [6.07, 6.45) is 14.7. The van der Waals surface area contributed by atoms with Crippen LogP contribution in [0.25, 0.3) is 128 Å². The Balaban J connectivity index is 0.000000115. The Hall–Kier alpha value is -14.8. The van der Waals surface area contributed by atoms with E-state index in [9.17, 15) is 9.90 Å². The number of pyridine rings is 6. The Morgan fingerprint density at radius 2 is 0.904 bits per heavy atom. The highest BCUT2D eigenvalue weighted by Gasteiger charge is 2.25. The first-order valence-corrected chi connectivity index (χ1v) is 41.2. The van der Waals surface area contributed by atoms with Crippen LogP contribution in [0.1, 0.15) is 114 Å². The van der Waals surface area contributed by atoms with Gasteiger partial charge in [-0.15, -0.1) is 0 Å². The maximum absolute atomic E-state index is 15.2. The largest absolute Gasteiger partial charge is 0.462 e. The number of aromatic amines is 5. The summed E-state index contributed by atoms with van der Waals surface area (Å²) in [6.45, 7) is 20.9. The number of hydrogen-bond acceptors (Lipinski definition) is 25. The molecular weight excluding hydrogens is 1770 g/mol. The van der Waals surface area contributed by atoms with Gasteiger partial charge in [-0.1, -0.05) is 117 Å². The highest BCUT2D eigenvalue weighted by Crippen LogP contribution is 2.37. The molecule has 17 heterocycles. The lowest BCUT2D eigenvalue weighted by Crippen LogP contribution is -2.07. The van der Waals surface area contributed by atoms with Gasteiger partial charge in [0.15, 0.2) is 33.9 Å². The second-order valence-electron chi connectivity index (χ2n) is 29.1. The summed E-state index contributed by atoms with van der Waals surface area (Å²) in [5.74, 6) is 2.68. The van der Waals surface area contributed by atoms with Crippen LogP contribution >= 0.6 is 38.5 Å². The van der Waals surface area contributed by atoms with E-state index >= 15 is 4.39 Å². The Morgan fingerprint density at radius 3 is 1.42 bits per heavy atom. The monoisotopic (exact) mass is 1850 g/mol. The number of carbonyl (C=O) groups is 1. The van der Waals surface area contributed by atoms with E-state index in [1.807, 2.05) is 179 Å². The maximum atomic E-state index is 15.2. The molecule has 31 nitrogen and oxygen atoms in total. The van der Waals surface area contributed by atoms with Crippen molar-refractivity contribution in [3.05, 3.63) is 306 Å². The van der Waals surface area contributed by atoms with Gasteiger partial charge in [0.05, 0.1) is 69.8 Å². The van der Waals surface area contributed by atoms with E-state index in [0.717, 1.165) is 205 Å². The zero-order valence-corrected chi connectivity index (χ0v) is 72.9. The molecule has 21 rings (SSSR count). The van der Waals surface area contributed by atoms with Crippen molar-refractivity contribution in [1.82, 2.24) is 116 Å². The quantitative estimate of drug-likeness (QED) is 0.0435. The number of nitrogens with one attached hydrogen (secondary N) is 5. The molecule has 0 spiro atoms. The van der Waals surface area contributed by atoms with Crippen molar-refractivity contribution >= 4 is 111 Å². The molecule has 0 saturated heterocycles. The van der Waals surface area contributed by atoms with Crippen LogP contribution in [-0.2, 0) is 17.6 Å². The van der Waals surface area contributed by atoms with E-state index in [1.54, 1.807) is 50.3 Å². The number of fused-ring (bicyclic) bond motifs is 6. The molecule has 1 atom stereocenters. The number of aliphatic hydroxyl groups is 1. The summed E-state index contributed by atoms with van der Waals surface area (Å²) in [5.41, 5.74) is 23.8. The summed E-state index contributed by atoms with van der Waals surface area (Å²) in [5, 5.41) is 75.9. The molecular formula is C91H78BrFIN23O8. The molecule has 34 heteroatoms. The third-order valence-corrected chi connectivity index (χ3v) is 21.8. The standard InChI is InChI=1S/C27H23FN4O3.C18H16N4O2.C18H16N4O.C11H9IN4O.C11H10N4O.C6H4BrN3/c1-4-34-27(33)19-10-11-24(22(28)14-19)32-26-21(23(30-32)12-18-8-6-5-7-9-18)13-20(15-29-26)25-16(2)31-35-17(25)3;1-10-15(11(2)24-22-10)13-8-14-16(20-21-18(14)19-9-13)17(23)12-6-4-3-5-7-12;1-11-17(12(2)23-22-11)14-9-15-16(20-21-18(15)19-10-14)8-13-6-4-3-5-7-13;1-5-9(6(2)17-16-5)7-3-8-10(12)14-15-11(8)13-4-7;1-6-10(7(2)16-15-6)8-3-9-5-13-14-11(9)12-4-8;7-5-1-4-2-9-10-6(4)8-3-5/h5-11,13-15H,4,12H2,1-3H3;3-9,17,23H,1-2H3,(H,19,20,21);3-7,9-10H,8H2,1-2H3,(H,19,20,21);3-4H,1-2H3,(H,13,14,15);3-5H,1-2H3,(H,12,13,14);1-3H,(H,8,9,10). The van der Waals surface area contributed by atoms with Crippen molar-refractivity contribution in [1.29, 1.82) is 0 Å². The normalized spacial score (nSPS) is 11.4. The van der Waals surface area contributed by atoms with Crippen LogP contribution in [0.15, 0.2) is 222 Å². The molecule has 0 fully saturated rings. The minimum atomic E-state index is -0.794. The van der Waals surface area contributed by atoms with Gasteiger partial charge in [0.1, 0.15) is 50.1 Å². The number of H-pyrrole nitrogens is 5. The number of esters is 1. The van der Waals surface area contributed by atoms with Crippen LogP contribution in [0.2, 0.25) is 0 Å². The van der Waals surface area contributed by atoms with Crippen LogP contribution in [0.3, 0.4) is 0 Å². The fraction of sp³-hybridized carbons (Fsp3) is 0.165. The zero-order valence-electron chi connectivity index (χ0n) is 69.2. The first-order chi connectivity index (χ1) is 60.6. The molecule has 0 bridgehead atoms. The summed E-state index contributed by atoms with van der Waals surface area (Å²) in [4.78, 5) is 38.2. The van der Waals surface area contributed by atoms with Crippen molar-refractivity contribution in [2.24, 2.45) is 0 Å². The SMILES string of the molecule is Brc1cnc2[nH]ncc2c1.CCOC(=O)c1ccc(-n2nc(Cc3ccccc3)c3cc(-c4c(C)noc4C)cnc32)c(F)c1.Cc1noc(C)c1-c1cnc2[nH]ncc2c1.Cc1noc(C)c1-c1cnc2n[nH]c(C(O)c3ccccc3)c2c1.Cc1noc(C)c1-c1cnc2n[nH]c(Cc3ccccc3)c2c1.Cc1noc(C)c1-c1cnc2n[nH]c(I)c2c1. The molecule has 0 aliphatic carbocycles. The molecule has 4 aromatic carbocycles. The van der Waals surface area contributed by atoms with Gasteiger partial charge in [0.2, 0.25) is 0 Å². The Bertz CT molecular complexity index is 7310. The van der Waals surface area contributed by atoms with Crippen LogP contribution in [-0.4, -0.2) is 134 Å². The van der Waals surface area contributed by atoms with Gasteiger partial charge in [-0.25, -0.2) is 43.8 Å². The number of carbonyl (C=O) groups excluding carboxylic acids is 1. The number of aromatic nitrogens is 23. The number of halogens is 3. The van der Waals surface area contributed by atoms with Crippen LogP contribution in [0, 0.1) is 78.8 Å². The smallest absolute Gasteiger partial charge is 0.338 e. The van der Waals surface area contributed by atoms with E-state index in [4.69, 9.17) is 32.5 Å².